The highest BCUT2D eigenvalue weighted by Gasteiger charge is 2.39. The fourth-order valence-electron chi connectivity index (χ4n) is 2.85. The minimum Gasteiger partial charge on any atom is -0.465 e. The van der Waals surface area contributed by atoms with E-state index >= 15 is 0 Å². The van der Waals surface area contributed by atoms with Gasteiger partial charge >= 0.3 is 17.9 Å². The molecule has 1 saturated heterocycles. The molecule has 0 saturated carbocycles. The van der Waals surface area contributed by atoms with E-state index in [1.807, 2.05) is 21.1 Å². The van der Waals surface area contributed by atoms with Gasteiger partial charge in [0.15, 0.2) is 11.2 Å². The number of rotatable bonds is 6. The molecule has 1 atom stereocenters. The molecule has 0 aromatic rings. The summed E-state index contributed by atoms with van der Waals surface area (Å²) in [6.45, 7) is 3.79. The van der Waals surface area contributed by atoms with E-state index in [0.29, 0.717) is 16.8 Å². The van der Waals surface area contributed by atoms with Gasteiger partial charge in [-0.2, -0.15) is 0 Å². The van der Waals surface area contributed by atoms with Crippen LogP contribution in [0, 0.1) is 5.41 Å². The van der Waals surface area contributed by atoms with Crippen LogP contribution in [0.25, 0.3) is 0 Å². The number of hydrogen-bond acceptors (Lipinski definition) is 10. The van der Waals surface area contributed by atoms with Crippen LogP contribution >= 0.6 is 11.8 Å². The van der Waals surface area contributed by atoms with Gasteiger partial charge in [0, 0.05) is 49.3 Å². The van der Waals surface area contributed by atoms with E-state index in [9.17, 15) is 28.8 Å². The van der Waals surface area contributed by atoms with Gasteiger partial charge in [-0.3, -0.25) is 19.2 Å². The fourth-order valence-corrected chi connectivity index (χ4v) is 3.53. The van der Waals surface area contributed by atoms with Crippen molar-refractivity contribution in [2.45, 2.75) is 39.2 Å². The van der Waals surface area contributed by atoms with E-state index in [1.54, 1.807) is 13.8 Å². The van der Waals surface area contributed by atoms with Crippen molar-refractivity contribution in [1.29, 1.82) is 0 Å². The monoisotopic (exact) mass is 544 g/mol. The largest absolute Gasteiger partial charge is 0.465 e. The third-order valence-electron chi connectivity index (χ3n) is 5.02. The quantitative estimate of drug-likeness (QED) is 0.201. The highest BCUT2D eigenvalue weighted by atomic mass is 32.2. The molecule has 13 heteroatoms. The number of amides is 2. The number of hydrogen-bond donors (Lipinski definition) is 2. The summed E-state index contributed by atoms with van der Waals surface area (Å²) in [7, 11) is 5.81. The van der Waals surface area contributed by atoms with Crippen LogP contribution in [0.15, 0.2) is 12.2 Å². The lowest BCUT2D eigenvalue weighted by molar-refractivity contribution is -0.870. The van der Waals surface area contributed by atoms with E-state index in [2.05, 4.69) is 10.6 Å². The molecule has 1 rings (SSSR count). The Kier molecular flexibility index (Phi) is 13.3. The van der Waals surface area contributed by atoms with Crippen LogP contribution in [0.1, 0.15) is 33.1 Å². The van der Waals surface area contributed by atoms with Gasteiger partial charge in [0.05, 0.1) is 27.6 Å². The standard InChI is InChI=1S/C24H37N3O9S/c1-24(2)16-35-19(30)8-9-21(32)37-15-12-25-17(28)10-11-26-23(33)22(24)36-20(31)7-6-18(29)34-14-13-27(3,4)5/h6-7,22H,8-16H2,1-5H3,(H-,25,26,28,33)/p+1/b7-6+/t22-/m0/s1. The van der Waals surface area contributed by atoms with Crippen molar-refractivity contribution >= 4 is 46.6 Å². The number of ether oxygens (including phenoxy) is 3. The zero-order chi connectivity index (χ0) is 28.1. The van der Waals surface area contributed by atoms with Crippen molar-refractivity contribution in [3.8, 4) is 0 Å². The lowest BCUT2D eigenvalue weighted by atomic mass is 9.86. The van der Waals surface area contributed by atoms with Gasteiger partial charge in [-0.05, 0) is 0 Å². The summed E-state index contributed by atoms with van der Waals surface area (Å²) in [6.07, 6.45) is 0.127. The zero-order valence-electron chi connectivity index (χ0n) is 22.1. The van der Waals surface area contributed by atoms with Crippen molar-refractivity contribution < 1.29 is 47.5 Å². The Balaban J connectivity index is 2.89. The second-order valence-corrected chi connectivity index (χ2v) is 11.2. The maximum Gasteiger partial charge on any atom is 0.331 e. The van der Waals surface area contributed by atoms with Crippen molar-refractivity contribution in [3.05, 3.63) is 12.2 Å². The summed E-state index contributed by atoms with van der Waals surface area (Å²) in [4.78, 5) is 73.2. The average molecular weight is 545 g/mol. The first-order valence-corrected chi connectivity index (χ1v) is 12.9. The molecule has 37 heavy (non-hydrogen) atoms. The second kappa shape index (κ2) is 15.4. The second-order valence-electron chi connectivity index (χ2n) is 10.1. The Hall–Kier alpha value is -2.93. The molecule has 2 N–H and O–H groups in total. The normalized spacial score (nSPS) is 20.8. The van der Waals surface area contributed by atoms with Crippen molar-refractivity contribution in [3.63, 3.8) is 0 Å². The Morgan fingerprint density at radius 2 is 1.70 bits per heavy atom. The summed E-state index contributed by atoms with van der Waals surface area (Å²) in [5.74, 6) is -3.02. The molecule has 1 aliphatic heterocycles. The molecule has 0 aromatic carbocycles. The van der Waals surface area contributed by atoms with Gasteiger partial charge in [-0.1, -0.05) is 25.6 Å². The molecule has 1 aliphatic rings. The highest BCUT2D eigenvalue weighted by Crippen LogP contribution is 2.25. The average Bonchev–Trinajstić information content (AvgIpc) is 2.79. The molecule has 0 radical (unpaired) electrons. The maximum absolute atomic E-state index is 12.9. The summed E-state index contributed by atoms with van der Waals surface area (Å²) < 4.78 is 16.2. The topological polar surface area (TPSA) is 154 Å². The predicted octanol–water partition coefficient (Wildman–Crippen LogP) is -0.0507. The van der Waals surface area contributed by atoms with E-state index < -0.39 is 35.3 Å². The molecule has 2 amide bonds. The third kappa shape index (κ3) is 14.4. The number of carbonyl (C=O) groups is 6. The van der Waals surface area contributed by atoms with Crippen LogP contribution in [0.4, 0.5) is 0 Å². The van der Waals surface area contributed by atoms with Gasteiger partial charge in [-0.15, -0.1) is 0 Å². The SMILES string of the molecule is CC1(C)COC(=O)CCC(=O)SCCNC(=O)CCNC(=O)[C@@H]1OC(=O)/C=C/C(=O)OCC[N+](C)(C)C. The number of quaternary nitrogens is 1. The number of thioether (sulfide) groups is 1. The molecule has 0 bridgehead atoms. The van der Waals surface area contributed by atoms with Crippen LogP contribution in [-0.2, 0) is 43.0 Å². The number of nitrogens with zero attached hydrogens (tertiary/aromatic N) is 1. The molecule has 1 fully saturated rings. The molecule has 0 spiro atoms. The van der Waals surface area contributed by atoms with E-state index in [-0.39, 0.29) is 56.6 Å². The molecule has 0 aromatic heterocycles. The zero-order valence-corrected chi connectivity index (χ0v) is 22.9. The minimum absolute atomic E-state index is 0.0283. The molecular weight excluding hydrogens is 506 g/mol. The van der Waals surface area contributed by atoms with E-state index in [0.717, 1.165) is 23.9 Å². The number of esters is 3. The minimum atomic E-state index is -1.41. The molecule has 0 unspecified atom stereocenters. The number of cyclic esters (lactones) is 1. The number of nitrogens with one attached hydrogen (secondary N) is 2. The van der Waals surface area contributed by atoms with E-state index in [4.69, 9.17) is 14.2 Å². The Labute approximate surface area is 221 Å². The Bertz CT molecular complexity index is 881. The van der Waals surface area contributed by atoms with Crippen molar-refractivity contribution in [1.82, 2.24) is 10.6 Å². The molecule has 0 aliphatic carbocycles. The van der Waals surface area contributed by atoms with Crippen molar-refractivity contribution in [2.24, 2.45) is 5.41 Å². The number of carbonyl (C=O) groups excluding carboxylic acids is 6. The smallest absolute Gasteiger partial charge is 0.331 e. The first-order chi connectivity index (χ1) is 17.2. The summed E-state index contributed by atoms with van der Waals surface area (Å²) >= 11 is 1.01. The molecular formula is C24H38N3O9S+. The van der Waals surface area contributed by atoms with Gasteiger partial charge in [0.25, 0.3) is 5.91 Å². The molecule has 208 valence electrons. The van der Waals surface area contributed by atoms with Gasteiger partial charge in [-0.25, -0.2) is 9.59 Å². The van der Waals surface area contributed by atoms with Gasteiger partial charge in [0.2, 0.25) is 5.91 Å². The van der Waals surface area contributed by atoms with E-state index in [1.165, 1.54) is 0 Å². The summed E-state index contributed by atoms with van der Waals surface area (Å²) in [5, 5.41) is 4.98. The molecule has 12 nitrogen and oxygen atoms in total. The Morgan fingerprint density at radius 1 is 1.03 bits per heavy atom. The first kappa shape index (κ1) is 32.1. The Morgan fingerprint density at radius 3 is 2.38 bits per heavy atom. The number of likely N-dealkylation sites (N-methyl/N-ethyl adjacent to an activating group) is 1. The molecule has 1 heterocycles. The van der Waals surface area contributed by atoms with Gasteiger partial charge in [0.1, 0.15) is 19.8 Å². The lowest BCUT2D eigenvalue weighted by Crippen LogP contribution is -2.49. The fraction of sp³-hybridized carbons (Fsp3) is 0.667. The van der Waals surface area contributed by atoms with Crippen LogP contribution in [-0.4, -0.2) is 105 Å². The highest BCUT2D eigenvalue weighted by molar-refractivity contribution is 8.13. The van der Waals surface area contributed by atoms with Crippen LogP contribution in [0.3, 0.4) is 0 Å². The predicted molar refractivity (Wildman–Crippen MR) is 135 cm³/mol. The van der Waals surface area contributed by atoms with Crippen LogP contribution < -0.4 is 10.6 Å². The maximum atomic E-state index is 12.9. The summed E-state index contributed by atoms with van der Waals surface area (Å²) in [5.41, 5.74) is -1.18. The van der Waals surface area contributed by atoms with Crippen LogP contribution in [0.2, 0.25) is 0 Å². The van der Waals surface area contributed by atoms with Crippen molar-refractivity contribution in [2.75, 3.05) is 59.7 Å². The third-order valence-corrected chi connectivity index (χ3v) is 5.96. The summed E-state index contributed by atoms with van der Waals surface area (Å²) in [6, 6.07) is 0. The first-order valence-electron chi connectivity index (χ1n) is 11.9. The van der Waals surface area contributed by atoms with Crippen LogP contribution in [0.5, 0.6) is 0 Å². The lowest BCUT2D eigenvalue weighted by Gasteiger charge is -2.32. The van der Waals surface area contributed by atoms with Gasteiger partial charge < -0.3 is 29.3 Å².